The van der Waals surface area contributed by atoms with E-state index in [2.05, 4.69) is 25.7 Å². The number of phenolic OH excluding ortho intramolecular Hbond substituents is 1. The lowest BCUT2D eigenvalue weighted by atomic mass is 9.98. The smallest absolute Gasteiger partial charge is 0.416 e. The van der Waals surface area contributed by atoms with Gasteiger partial charge in [0, 0.05) is 24.2 Å². The third kappa shape index (κ3) is 5.10. The number of hydrogen-bond acceptors (Lipinski definition) is 6. The maximum absolute atomic E-state index is 12.8. The van der Waals surface area contributed by atoms with Gasteiger partial charge in [0.25, 0.3) is 0 Å². The highest BCUT2D eigenvalue weighted by Crippen LogP contribution is 2.37. The molecule has 9 heteroatoms. The predicted octanol–water partition coefficient (Wildman–Crippen LogP) is 3.80. The molecular weight excluding hydrogens is 407 g/mol. The Kier molecular flexibility index (Phi) is 6.34. The lowest BCUT2D eigenvalue weighted by Crippen LogP contribution is -2.50. The number of likely N-dealkylation sites (tertiary alicyclic amines) is 1. The number of aromatic hydroxyl groups is 1. The summed E-state index contributed by atoms with van der Waals surface area (Å²) in [4.78, 5) is 2.57. The number of piperidine rings is 2. The van der Waals surface area contributed by atoms with Crippen molar-refractivity contribution in [2.24, 2.45) is 0 Å². The van der Waals surface area contributed by atoms with E-state index in [0.29, 0.717) is 17.6 Å². The van der Waals surface area contributed by atoms with Gasteiger partial charge in [0.2, 0.25) is 0 Å². The SMILES string of the molecule is Cc1cc(N[C@@H]2CCCN(C3CCNCC3)C2)nnc1-c1ccc(C(F)(F)F)cc1O. The number of hydrogen-bond donors (Lipinski definition) is 3. The van der Waals surface area contributed by atoms with E-state index in [-0.39, 0.29) is 11.6 Å². The molecule has 0 bridgehead atoms. The summed E-state index contributed by atoms with van der Waals surface area (Å²) in [7, 11) is 0. The summed E-state index contributed by atoms with van der Waals surface area (Å²) < 4.78 is 38.5. The molecule has 4 rings (SSSR count). The second-order valence-corrected chi connectivity index (χ2v) is 8.45. The van der Waals surface area contributed by atoms with Gasteiger partial charge >= 0.3 is 6.18 Å². The van der Waals surface area contributed by atoms with E-state index < -0.39 is 17.5 Å². The molecule has 0 saturated carbocycles. The molecule has 168 valence electrons. The van der Waals surface area contributed by atoms with Crippen LogP contribution in [0.15, 0.2) is 24.3 Å². The van der Waals surface area contributed by atoms with E-state index in [4.69, 9.17) is 0 Å². The average Bonchev–Trinajstić information content (AvgIpc) is 2.74. The van der Waals surface area contributed by atoms with E-state index >= 15 is 0 Å². The highest BCUT2D eigenvalue weighted by atomic mass is 19.4. The molecule has 1 aromatic carbocycles. The number of benzene rings is 1. The van der Waals surface area contributed by atoms with Crippen molar-refractivity contribution in [1.82, 2.24) is 20.4 Å². The molecule has 0 unspecified atom stereocenters. The van der Waals surface area contributed by atoms with Crippen LogP contribution in [0.1, 0.15) is 36.8 Å². The fraction of sp³-hybridized carbons (Fsp3) is 0.545. The van der Waals surface area contributed by atoms with Crippen molar-refractivity contribution in [3.63, 3.8) is 0 Å². The number of halogens is 3. The minimum Gasteiger partial charge on any atom is -0.507 e. The number of nitrogens with one attached hydrogen (secondary N) is 2. The van der Waals surface area contributed by atoms with Crippen molar-refractivity contribution in [3.05, 3.63) is 35.4 Å². The minimum atomic E-state index is -4.51. The lowest BCUT2D eigenvalue weighted by Gasteiger charge is -2.40. The zero-order chi connectivity index (χ0) is 22.0. The Labute approximate surface area is 179 Å². The van der Waals surface area contributed by atoms with Gasteiger partial charge in [0.1, 0.15) is 11.6 Å². The summed E-state index contributed by atoms with van der Waals surface area (Å²) in [6, 6.07) is 5.65. The van der Waals surface area contributed by atoms with Crippen molar-refractivity contribution < 1.29 is 18.3 Å². The number of nitrogens with zero attached hydrogens (tertiary/aromatic N) is 3. The quantitative estimate of drug-likeness (QED) is 0.679. The van der Waals surface area contributed by atoms with Gasteiger partial charge in [0.05, 0.1) is 11.3 Å². The average molecular weight is 435 g/mol. The molecule has 1 aromatic heterocycles. The second-order valence-electron chi connectivity index (χ2n) is 8.45. The highest BCUT2D eigenvalue weighted by molar-refractivity contribution is 5.70. The Morgan fingerprint density at radius 2 is 1.90 bits per heavy atom. The first kappa shape index (κ1) is 21.8. The molecule has 2 saturated heterocycles. The van der Waals surface area contributed by atoms with E-state index in [1.807, 2.05) is 13.0 Å². The first-order chi connectivity index (χ1) is 14.8. The summed E-state index contributed by atoms with van der Waals surface area (Å²) >= 11 is 0. The van der Waals surface area contributed by atoms with Gasteiger partial charge in [-0.05, 0) is 82.1 Å². The van der Waals surface area contributed by atoms with Crippen molar-refractivity contribution in [2.45, 2.75) is 50.9 Å². The topological polar surface area (TPSA) is 73.3 Å². The number of phenols is 1. The van der Waals surface area contributed by atoms with Crippen molar-refractivity contribution >= 4 is 5.82 Å². The van der Waals surface area contributed by atoms with Gasteiger partial charge in [-0.2, -0.15) is 13.2 Å². The summed E-state index contributed by atoms with van der Waals surface area (Å²) in [6.45, 7) is 6.05. The van der Waals surface area contributed by atoms with Crippen LogP contribution in [0.3, 0.4) is 0 Å². The number of anilines is 1. The van der Waals surface area contributed by atoms with Crippen LogP contribution in [0, 0.1) is 6.92 Å². The first-order valence-electron chi connectivity index (χ1n) is 10.8. The van der Waals surface area contributed by atoms with E-state index in [1.54, 1.807) is 0 Å². The van der Waals surface area contributed by atoms with Crippen LogP contribution in [-0.2, 0) is 6.18 Å². The lowest BCUT2D eigenvalue weighted by molar-refractivity contribution is -0.137. The van der Waals surface area contributed by atoms with E-state index in [0.717, 1.165) is 56.7 Å². The van der Waals surface area contributed by atoms with Crippen molar-refractivity contribution in [2.75, 3.05) is 31.5 Å². The Balaban J connectivity index is 1.45. The minimum absolute atomic E-state index is 0.235. The molecule has 0 spiro atoms. The molecule has 31 heavy (non-hydrogen) atoms. The predicted molar refractivity (Wildman–Crippen MR) is 113 cm³/mol. The largest absolute Gasteiger partial charge is 0.507 e. The Morgan fingerprint density at radius 3 is 2.58 bits per heavy atom. The fourth-order valence-electron chi connectivity index (χ4n) is 4.57. The first-order valence-corrected chi connectivity index (χ1v) is 10.8. The van der Waals surface area contributed by atoms with E-state index in [1.165, 1.54) is 18.9 Å². The van der Waals surface area contributed by atoms with Crippen molar-refractivity contribution in [1.29, 1.82) is 0 Å². The molecule has 3 N–H and O–H groups in total. The number of aryl methyl sites for hydroxylation is 1. The molecule has 0 amide bonds. The highest BCUT2D eigenvalue weighted by Gasteiger charge is 2.31. The molecule has 2 fully saturated rings. The number of alkyl halides is 3. The maximum atomic E-state index is 12.8. The molecule has 3 heterocycles. The molecule has 0 radical (unpaired) electrons. The third-order valence-corrected chi connectivity index (χ3v) is 6.19. The summed E-state index contributed by atoms with van der Waals surface area (Å²) in [5.74, 6) is 0.183. The zero-order valence-electron chi connectivity index (χ0n) is 17.5. The zero-order valence-corrected chi connectivity index (χ0v) is 17.5. The van der Waals surface area contributed by atoms with Gasteiger partial charge < -0.3 is 15.7 Å². The molecule has 2 aliphatic rings. The van der Waals surface area contributed by atoms with Gasteiger partial charge in [-0.1, -0.05) is 0 Å². The summed E-state index contributed by atoms with van der Waals surface area (Å²) in [5, 5.41) is 25.4. The standard InChI is InChI=1S/C22H28F3N5O/c1-14-11-20(27-16-3-2-10-30(13-16)17-6-8-26-9-7-17)28-29-21(14)18-5-4-15(12-19(18)31)22(23,24)25/h4-5,11-12,16-17,26,31H,2-3,6-10,13H2,1H3,(H,27,28)/t16-/m1/s1. The Hall–Kier alpha value is -2.39. The molecule has 1 atom stereocenters. The van der Waals surface area contributed by atoms with Gasteiger partial charge in [0.15, 0.2) is 0 Å². The van der Waals surface area contributed by atoms with Gasteiger partial charge in [-0.15, -0.1) is 10.2 Å². The molecule has 6 nitrogen and oxygen atoms in total. The van der Waals surface area contributed by atoms with Crippen LogP contribution >= 0.6 is 0 Å². The Bertz CT molecular complexity index is 915. The van der Waals surface area contributed by atoms with Crippen LogP contribution < -0.4 is 10.6 Å². The van der Waals surface area contributed by atoms with Crippen LogP contribution in [0.4, 0.5) is 19.0 Å². The van der Waals surface area contributed by atoms with Crippen LogP contribution in [-0.4, -0.2) is 58.5 Å². The normalized spacial score (nSPS) is 21.2. The monoisotopic (exact) mass is 435 g/mol. The number of aromatic nitrogens is 2. The molecule has 2 aliphatic heterocycles. The summed E-state index contributed by atoms with van der Waals surface area (Å²) in [6.07, 6.45) is 0.0373. The number of rotatable bonds is 4. The summed E-state index contributed by atoms with van der Waals surface area (Å²) in [5.41, 5.74) is 0.447. The van der Waals surface area contributed by atoms with Gasteiger partial charge in [-0.3, -0.25) is 4.90 Å². The van der Waals surface area contributed by atoms with Crippen LogP contribution in [0.5, 0.6) is 5.75 Å². The third-order valence-electron chi connectivity index (χ3n) is 6.19. The maximum Gasteiger partial charge on any atom is 0.416 e. The molecule has 2 aromatic rings. The molecule has 0 aliphatic carbocycles. The fourth-order valence-corrected chi connectivity index (χ4v) is 4.57. The molecular formula is C22H28F3N5O. The Morgan fingerprint density at radius 1 is 1.13 bits per heavy atom. The van der Waals surface area contributed by atoms with Gasteiger partial charge in [-0.25, -0.2) is 0 Å². The van der Waals surface area contributed by atoms with Crippen LogP contribution in [0.25, 0.3) is 11.3 Å². The second kappa shape index (κ2) is 9.00. The van der Waals surface area contributed by atoms with E-state index in [9.17, 15) is 18.3 Å². The van der Waals surface area contributed by atoms with Crippen LogP contribution in [0.2, 0.25) is 0 Å². The van der Waals surface area contributed by atoms with Crippen molar-refractivity contribution in [3.8, 4) is 17.0 Å².